The van der Waals surface area contributed by atoms with Crippen molar-refractivity contribution in [3.8, 4) is 5.75 Å². The van der Waals surface area contributed by atoms with Gasteiger partial charge in [-0.15, -0.1) is 0 Å². The second-order valence-corrected chi connectivity index (χ2v) is 9.55. The third-order valence-electron chi connectivity index (χ3n) is 6.60. The molecule has 1 saturated heterocycles. The van der Waals surface area contributed by atoms with Crippen molar-refractivity contribution in [2.45, 2.75) is 43.7 Å². The minimum absolute atomic E-state index is 0.102. The lowest BCUT2D eigenvalue weighted by molar-refractivity contribution is -0.277. The molecule has 1 aliphatic rings. The van der Waals surface area contributed by atoms with Crippen LogP contribution in [0.5, 0.6) is 5.75 Å². The Morgan fingerprint density at radius 1 is 0.951 bits per heavy atom. The first-order valence-electron chi connectivity index (χ1n) is 12.8. The molecule has 1 heterocycles. The summed E-state index contributed by atoms with van der Waals surface area (Å²) >= 11 is 0. The Morgan fingerprint density at radius 3 is 2.29 bits per heavy atom. The second-order valence-electron chi connectivity index (χ2n) is 9.55. The molecule has 12 nitrogen and oxygen atoms in total. The summed E-state index contributed by atoms with van der Waals surface area (Å²) in [6.07, 6.45) is -7.56. The summed E-state index contributed by atoms with van der Waals surface area (Å²) in [6.45, 7) is 0.783. The highest BCUT2D eigenvalue weighted by Crippen LogP contribution is 2.32. The minimum atomic E-state index is -1.66. The van der Waals surface area contributed by atoms with Gasteiger partial charge in [-0.25, -0.2) is 0 Å². The van der Waals surface area contributed by atoms with Gasteiger partial charge in [0.1, 0.15) is 42.0 Å². The monoisotopic (exact) mass is 564 g/mol. The zero-order valence-corrected chi connectivity index (χ0v) is 22.1. The van der Waals surface area contributed by atoms with Crippen LogP contribution in [0.15, 0.2) is 72.8 Å². The van der Waals surface area contributed by atoms with Crippen LogP contribution in [0.3, 0.4) is 0 Å². The van der Waals surface area contributed by atoms with Gasteiger partial charge in [-0.2, -0.15) is 0 Å². The van der Waals surface area contributed by atoms with E-state index in [0.717, 1.165) is 0 Å². The van der Waals surface area contributed by atoms with E-state index >= 15 is 0 Å². The lowest BCUT2D eigenvalue weighted by Crippen LogP contribution is -2.60. The summed E-state index contributed by atoms with van der Waals surface area (Å²) in [4.78, 5) is 25.6. The minimum Gasteiger partial charge on any atom is -0.462 e. The molecule has 0 aliphatic carbocycles. The lowest BCUT2D eigenvalue weighted by atomic mass is 9.99. The van der Waals surface area contributed by atoms with Gasteiger partial charge in [0.15, 0.2) is 5.78 Å². The average molecular weight is 565 g/mol. The van der Waals surface area contributed by atoms with E-state index in [9.17, 15) is 30.0 Å². The van der Waals surface area contributed by atoms with Crippen LogP contribution in [0.25, 0.3) is 0 Å². The van der Waals surface area contributed by atoms with Gasteiger partial charge in [0.2, 0.25) is 6.29 Å². The summed E-state index contributed by atoms with van der Waals surface area (Å²) in [5, 5.41) is 54.1. The van der Waals surface area contributed by atoms with Crippen molar-refractivity contribution in [2.24, 2.45) is 5.73 Å². The number of hydrogen-bond acceptors (Lipinski definition) is 10. The second kappa shape index (κ2) is 12.9. The van der Waals surface area contributed by atoms with Crippen molar-refractivity contribution in [1.29, 1.82) is 5.41 Å². The smallest absolute Gasteiger partial charge is 0.251 e. The standard InChI is InChI=1S/C29H32N4O8/c1-15(35)16-6-4-9-19(12-16)33-28(39)23(32-18-8-5-7-17(13-18)27(30)31)20-10-2-3-11-21(20)40-29-26(38)25(37)24(36)22(14-34)41-29/h2-13,22-26,29,32,34,36-38H,14H2,1H3,(H3,30,31)(H,33,39). The van der Waals surface area contributed by atoms with E-state index in [-0.39, 0.29) is 17.4 Å². The van der Waals surface area contributed by atoms with Crippen LogP contribution in [-0.4, -0.2) is 75.3 Å². The fourth-order valence-corrected chi connectivity index (χ4v) is 4.37. The Labute approximate surface area is 235 Å². The number of ether oxygens (including phenoxy) is 2. The molecular weight excluding hydrogens is 532 g/mol. The molecule has 0 saturated carbocycles. The quantitative estimate of drug-likeness (QED) is 0.100. The number of amides is 1. The molecule has 12 heteroatoms. The zero-order valence-electron chi connectivity index (χ0n) is 22.1. The molecule has 0 radical (unpaired) electrons. The van der Waals surface area contributed by atoms with Crippen LogP contribution in [0.4, 0.5) is 11.4 Å². The molecule has 41 heavy (non-hydrogen) atoms. The molecule has 0 bridgehead atoms. The van der Waals surface area contributed by atoms with Gasteiger partial charge in [0.25, 0.3) is 5.91 Å². The van der Waals surface area contributed by atoms with Crippen LogP contribution < -0.4 is 21.1 Å². The highest BCUT2D eigenvalue weighted by Gasteiger charge is 2.45. The van der Waals surface area contributed by atoms with Crippen molar-refractivity contribution in [3.63, 3.8) is 0 Å². The molecule has 0 spiro atoms. The van der Waals surface area contributed by atoms with Crippen LogP contribution in [0, 0.1) is 5.41 Å². The molecule has 6 unspecified atom stereocenters. The number of amidine groups is 1. The lowest BCUT2D eigenvalue weighted by Gasteiger charge is -2.39. The first kappa shape index (κ1) is 29.6. The van der Waals surface area contributed by atoms with Crippen molar-refractivity contribution in [2.75, 3.05) is 17.2 Å². The van der Waals surface area contributed by atoms with Crippen molar-refractivity contribution in [3.05, 3.63) is 89.5 Å². The predicted molar refractivity (Wildman–Crippen MR) is 150 cm³/mol. The average Bonchev–Trinajstić information content (AvgIpc) is 2.96. The number of nitrogens with one attached hydrogen (secondary N) is 3. The topological polar surface area (TPSA) is 207 Å². The van der Waals surface area contributed by atoms with Gasteiger partial charge in [0.05, 0.1) is 6.61 Å². The van der Waals surface area contributed by atoms with Gasteiger partial charge in [0, 0.05) is 28.1 Å². The summed E-state index contributed by atoms with van der Waals surface area (Å²) in [6, 6.07) is 18.4. The molecular formula is C29H32N4O8. The number of anilines is 2. The number of Topliss-reactive ketones (excluding diaryl/α,β-unsaturated/α-hetero) is 1. The van der Waals surface area contributed by atoms with Gasteiger partial charge in [-0.05, 0) is 37.3 Å². The first-order chi connectivity index (χ1) is 19.6. The Morgan fingerprint density at radius 2 is 1.61 bits per heavy atom. The summed E-state index contributed by atoms with van der Waals surface area (Å²) < 4.78 is 11.4. The fourth-order valence-electron chi connectivity index (χ4n) is 4.37. The molecule has 1 aliphatic heterocycles. The number of ketones is 1. The number of aliphatic hydroxyl groups excluding tert-OH is 4. The highest BCUT2D eigenvalue weighted by molar-refractivity contribution is 6.00. The molecule has 216 valence electrons. The van der Waals surface area contributed by atoms with Gasteiger partial charge in [-0.1, -0.05) is 42.5 Å². The maximum Gasteiger partial charge on any atom is 0.251 e. The van der Waals surface area contributed by atoms with E-state index in [0.29, 0.717) is 28.1 Å². The number of benzene rings is 3. The van der Waals surface area contributed by atoms with Gasteiger partial charge < -0.3 is 46.3 Å². The molecule has 3 aromatic rings. The van der Waals surface area contributed by atoms with Crippen LogP contribution in [0.1, 0.15) is 34.5 Å². The summed E-state index contributed by atoms with van der Waals surface area (Å²) in [5.41, 5.74) is 7.61. The van der Waals surface area contributed by atoms with E-state index in [2.05, 4.69) is 10.6 Å². The number of carbonyl (C=O) groups excluding carboxylic acids is 2. The number of hydrogen-bond donors (Lipinski definition) is 8. The third-order valence-corrected chi connectivity index (χ3v) is 6.60. The Balaban J connectivity index is 1.70. The molecule has 6 atom stereocenters. The van der Waals surface area contributed by atoms with Crippen LogP contribution in [0.2, 0.25) is 0 Å². The van der Waals surface area contributed by atoms with E-state index in [4.69, 9.17) is 20.6 Å². The number of para-hydroxylation sites is 1. The van der Waals surface area contributed by atoms with E-state index in [1.807, 2.05) is 0 Å². The van der Waals surface area contributed by atoms with Gasteiger partial charge in [-0.3, -0.25) is 15.0 Å². The van der Waals surface area contributed by atoms with Crippen LogP contribution >= 0.6 is 0 Å². The molecule has 0 aromatic heterocycles. The van der Waals surface area contributed by atoms with Crippen molar-refractivity contribution >= 4 is 28.9 Å². The Hall–Kier alpha value is -4.33. The van der Waals surface area contributed by atoms with E-state index in [1.54, 1.807) is 66.7 Å². The summed E-state index contributed by atoms with van der Waals surface area (Å²) in [5.74, 6) is -0.773. The molecule has 1 amide bonds. The molecule has 9 N–H and O–H groups in total. The van der Waals surface area contributed by atoms with Crippen molar-refractivity contribution in [1.82, 2.24) is 0 Å². The number of nitrogens with two attached hydrogens (primary N) is 1. The number of carbonyl (C=O) groups is 2. The maximum atomic E-state index is 13.8. The largest absolute Gasteiger partial charge is 0.462 e. The SMILES string of the molecule is CC(=O)c1cccc(NC(=O)C(Nc2cccc(C(=N)N)c2)c2ccccc2OC2OC(CO)C(O)C(O)C2O)c1. The maximum absolute atomic E-state index is 13.8. The van der Waals surface area contributed by atoms with Crippen LogP contribution in [-0.2, 0) is 9.53 Å². The predicted octanol–water partition coefficient (Wildman–Crippen LogP) is 1.14. The van der Waals surface area contributed by atoms with E-state index < -0.39 is 49.3 Å². The van der Waals surface area contributed by atoms with E-state index in [1.165, 1.54) is 13.0 Å². The van der Waals surface area contributed by atoms with Gasteiger partial charge >= 0.3 is 0 Å². The highest BCUT2D eigenvalue weighted by atomic mass is 16.7. The first-order valence-corrected chi connectivity index (χ1v) is 12.8. The van der Waals surface area contributed by atoms with Crippen molar-refractivity contribution < 1.29 is 39.5 Å². The molecule has 1 fully saturated rings. The molecule has 4 rings (SSSR count). The zero-order chi connectivity index (χ0) is 29.7. The third kappa shape index (κ3) is 6.88. The fraction of sp³-hybridized carbons (Fsp3) is 0.276. The normalized spacial score (nSPS) is 22.8. The number of nitrogen functional groups attached to an aromatic ring is 1. The molecule has 3 aromatic carbocycles. The number of aliphatic hydroxyl groups is 4. The Kier molecular flexibility index (Phi) is 9.32. The Bertz CT molecular complexity index is 1410. The number of rotatable bonds is 10. The summed E-state index contributed by atoms with van der Waals surface area (Å²) in [7, 11) is 0.